The molecule has 7 heavy (non-hydrogen) atoms. The van der Waals surface area contributed by atoms with Gasteiger partial charge in [0.15, 0.2) is 0 Å². The molecule has 2 rings (SSSR count). The lowest BCUT2D eigenvalue weighted by atomic mass is 10.7. The lowest BCUT2D eigenvalue weighted by Crippen LogP contribution is -1.83. The van der Waals surface area contributed by atoms with E-state index in [4.69, 9.17) is 4.42 Å². The van der Waals surface area contributed by atoms with Crippen LogP contribution in [-0.4, -0.2) is 7.05 Å². The lowest BCUT2D eigenvalue weighted by Gasteiger charge is -1.83. The molecule has 0 spiro atoms. The van der Waals surface area contributed by atoms with Gasteiger partial charge in [0.05, 0.1) is 6.26 Å². The first-order valence-corrected chi connectivity index (χ1v) is 2.21. The molecule has 36 valence electrons. The zero-order valence-corrected chi connectivity index (χ0v) is 4.01. The Hall–Kier alpha value is -0.920. The third-order valence-electron chi connectivity index (χ3n) is 1.24. The van der Waals surface area contributed by atoms with Crippen LogP contribution in [0.4, 0.5) is 11.6 Å². The van der Waals surface area contributed by atoms with Crippen molar-refractivity contribution in [2.75, 3.05) is 11.9 Å². The van der Waals surface area contributed by atoms with Crippen LogP contribution in [0.25, 0.3) is 0 Å². The minimum absolute atomic E-state index is 1.01. The maximum absolute atomic E-state index is 4.96. The quantitative estimate of drug-likeness (QED) is 0.452. The summed E-state index contributed by atoms with van der Waals surface area (Å²) in [7, 11) is 1.98. The van der Waals surface area contributed by atoms with Crippen LogP contribution in [0.5, 0.6) is 0 Å². The fourth-order valence-corrected chi connectivity index (χ4v) is 0.727. The van der Waals surface area contributed by atoms with Gasteiger partial charge >= 0.3 is 0 Å². The van der Waals surface area contributed by atoms with Gasteiger partial charge in [-0.3, -0.25) is 0 Å². The molecule has 0 fully saturated rings. The highest BCUT2D eigenvalue weighted by molar-refractivity contribution is 5.86. The van der Waals surface area contributed by atoms with Crippen molar-refractivity contribution < 1.29 is 4.42 Å². The zero-order chi connectivity index (χ0) is 4.85. The normalized spacial score (nSPS) is 14.1. The van der Waals surface area contributed by atoms with Gasteiger partial charge in [0.25, 0.3) is 0 Å². The maximum Gasteiger partial charge on any atom is 0.223 e. The molecule has 2 heteroatoms. The zero-order valence-electron chi connectivity index (χ0n) is 4.01. The second-order valence-corrected chi connectivity index (χ2v) is 1.67. The van der Waals surface area contributed by atoms with Gasteiger partial charge in [-0.2, -0.15) is 0 Å². The van der Waals surface area contributed by atoms with E-state index in [1.807, 2.05) is 18.0 Å². The summed E-state index contributed by atoms with van der Waals surface area (Å²) in [4.78, 5) is 2.00. The Labute approximate surface area is 41.3 Å². The summed E-state index contributed by atoms with van der Waals surface area (Å²) >= 11 is 0. The van der Waals surface area contributed by atoms with Crippen LogP contribution in [0.2, 0.25) is 0 Å². The molecule has 1 aromatic rings. The first kappa shape index (κ1) is 3.13. The lowest BCUT2D eigenvalue weighted by molar-refractivity contribution is 0.587. The van der Waals surface area contributed by atoms with Crippen molar-refractivity contribution in [2.45, 2.75) is 0 Å². The van der Waals surface area contributed by atoms with Gasteiger partial charge in [0.1, 0.15) is 5.69 Å². The van der Waals surface area contributed by atoms with Crippen molar-refractivity contribution in [1.29, 1.82) is 0 Å². The Balaban J connectivity index is 2.60. The molecule has 1 aliphatic rings. The SMILES string of the molecule is CN1c2ccoc21. The van der Waals surface area contributed by atoms with Crippen molar-refractivity contribution in [3.63, 3.8) is 0 Å². The standard InChI is InChI=1S/C5H5NO/c1-6-4-2-3-7-5(4)6/h2-3H,1H3. The Bertz CT molecular complexity index is 173. The molecular weight excluding hydrogens is 90.1 g/mol. The molecule has 2 heterocycles. The van der Waals surface area contributed by atoms with E-state index in [9.17, 15) is 0 Å². The van der Waals surface area contributed by atoms with E-state index in [2.05, 4.69) is 0 Å². The minimum atomic E-state index is 1.01. The van der Waals surface area contributed by atoms with Crippen LogP contribution in [0.15, 0.2) is 16.7 Å². The number of fused-ring (bicyclic) bond motifs is 1. The largest absolute Gasteiger partial charge is 0.446 e. The molecule has 0 aromatic carbocycles. The third-order valence-corrected chi connectivity index (χ3v) is 1.24. The van der Waals surface area contributed by atoms with E-state index in [0.717, 1.165) is 5.88 Å². The fraction of sp³-hybridized carbons (Fsp3) is 0.200. The topological polar surface area (TPSA) is 16.1 Å². The van der Waals surface area contributed by atoms with Gasteiger partial charge in [0, 0.05) is 13.1 Å². The molecule has 0 radical (unpaired) electrons. The first-order valence-electron chi connectivity index (χ1n) is 2.21. The first-order chi connectivity index (χ1) is 3.39. The second-order valence-electron chi connectivity index (χ2n) is 1.67. The number of hydrogen-bond donors (Lipinski definition) is 0. The van der Waals surface area contributed by atoms with Crippen LogP contribution in [0.3, 0.4) is 0 Å². The van der Waals surface area contributed by atoms with Crippen molar-refractivity contribution in [3.05, 3.63) is 12.3 Å². The van der Waals surface area contributed by atoms with Gasteiger partial charge in [-0.05, 0) is 0 Å². The number of nitrogens with zero attached hydrogens (tertiary/aromatic N) is 1. The van der Waals surface area contributed by atoms with Gasteiger partial charge in [-0.15, -0.1) is 0 Å². The van der Waals surface area contributed by atoms with E-state index < -0.39 is 0 Å². The van der Waals surface area contributed by atoms with E-state index in [0.29, 0.717) is 0 Å². The maximum atomic E-state index is 4.96. The molecule has 1 aromatic heterocycles. The Morgan fingerprint density at radius 3 is 2.86 bits per heavy atom. The summed E-state index contributed by atoms with van der Waals surface area (Å²) in [5, 5.41) is 0. The van der Waals surface area contributed by atoms with Gasteiger partial charge in [-0.25, -0.2) is 0 Å². The van der Waals surface area contributed by atoms with E-state index >= 15 is 0 Å². The van der Waals surface area contributed by atoms with Crippen LogP contribution in [0, 0.1) is 0 Å². The highest BCUT2D eigenvalue weighted by atomic mass is 16.4. The second kappa shape index (κ2) is 0.689. The fourth-order valence-electron chi connectivity index (χ4n) is 0.727. The molecule has 0 atom stereocenters. The smallest absolute Gasteiger partial charge is 0.223 e. The third kappa shape index (κ3) is 0.212. The number of hydrogen-bond acceptors (Lipinski definition) is 2. The number of furan rings is 1. The van der Waals surface area contributed by atoms with Crippen LogP contribution >= 0.6 is 0 Å². The predicted octanol–water partition coefficient (Wildman–Crippen LogP) is 1.36. The van der Waals surface area contributed by atoms with Crippen LogP contribution in [-0.2, 0) is 0 Å². The van der Waals surface area contributed by atoms with Crippen LogP contribution < -0.4 is 4.90 Å². The predicted molar refractivity (Wildman–Crippen MR) is 26.8 cm³/mol. The van der Waals surface area contributed by atoms with E-state index in [1.54, 1.807) is 6.26 Å². The molecule has 2 nitrogen and oxygen atoms in total. The molecule has 0 N–H and O–H groups in total. The summed E-state index contributed by atoms with van der Waals surface area (Å²) in [6, 6.07) is 1.95. The molecule has 0 amide bonds. The molecule has 0 aliphatic carbocycles. The summed E-state index contributed by atoms with van der Waals surface area (Å²) in [5.74, 6) is 1.01. The van der Waals surface area contributed by atoms with Gasteiger partial charge in [0.2, 0.25) is 5.88 Å². The average Bonchev–Trinajstić information content (AvgIpc) is 2.26. The van der Waals surface area contributed by atoms with Crippen molar-refractivity contribution in [1.82, 2.24) is 0 Å². The summed E-state index contributed by atoms with van der Waals surface area (Å²) < 4.78 is 4.96. The highest BCUT2D eigenvalue weighted by Gasteiger charge is 2.28. The van der Waals surface area contributed by atoms with Crippen molar-refractivity contribution in [2.24, 2.45) is 0 Å². The molecule has 0 saturated carbocycles. The van der Waals surface area contributed by atoms with Crippen molar-refractivity contribution >= 4 is 11.6 Å². The average molecular weight is 95.1 g/mol. The highest BCUT2D eigenvalue weighted by Crippen LogP contribution is 2.46. The Kier molecular flexibility index (Phi) is 0.308. The van der Waals surface area contributed by atoms with E-state index in [1.165, 1.54) is 5.69 Å². The monoisotopic (exact) mass is 95.0 g/mol. The van der Waals surface area contributed by atoms with E-state index in [-0.39, 0.29) is 0 Å². The van der Waals surface area contributed by atoms with Gasteiger partial charge < -0.3 is 9.32 Å². The number of rotatable bonds is 0. The minimum Gasteiger partial charge on any atom is -0.446 e. The summed E-state index contributed by atoms with van der Waals surface area (Å²) in [5.41, 5.74) is 1.22. The molecule has 1 aliphatic heterocycles. The van der Waals surface area contributed by atoms with Gasteiger partial charge in [-0.1, -0.05) is 0 Å². The van der Waals surface area contributed by atoms with Crippen LogP contribution in [0.1, 0.15) is 0 Å². The Morgan fingerprint density at radius 2 is 2.57 bits per heavy atom. The summed E-state index contributed by atoms with van der Waals surface area (Å²) in [6.45, 7) is 0. The van der Waals surface area contributed by atoms with Crippen molar-refractivity contribution in [3.8, 4) is 0 Å². The molecule has 0 saturated heterocycles. The number of anilines is 2. The Morgan fingerprint density at radius 1 is 1.71 bits per heavy atom. The molecular formula is C5H5NO. The molecule has 0 bridgehead atoms. The molecule has 0 unspecified atom stereocenters. The summed E-state index contributed by atoms with van der Waals surface area (Å²) in [6.07, 6.45) is 1.70.